The minimum Gasteiger partial charge on any atom is -0.337 e. The summed E-state index contributed by atoms with van der Waals surface area (Å²) < 4.78 is 0. The molecule has 2 heterocycles. The summed E-state index contributed by atoms with van der Waals surface area (Å²) in [6.07, 6.45) is 0. The van der Waals surface area contributed by atoms with Crippen LogP contribution in [0.15, 0.2) is 54.6 Å². The Morgan fingerprint density at radius 2 is 1.64 bits per heavy atom. The Morgan fingerprint density at radius 1 is 1.00 bits per heavy atom. The maximum absolute atomic E-state index is 12.7. The Hall–Kier alpha value is -2.82. The van der Waals surface area contributed by atoms with Gasteiger partial charge in [0.15, 0.2) is 0 Å². The third-order valence-corrected chi connectivity index (χ3v) is 5.81. The first-order valence-corrected chi connectivity index (χ1v) is 8.43. The molecule has 2 aliphatic rings. The van der Waals surface area contributed by atoms with Gasteiger partial charge in [-0.15, -0.1) is 0 Å². The van der Waals surface area contributed by atoms with Crippen LogP contribution in [0, 0.1) is 0 Å². The van der Waals surface area contributed by atoms with Crippen LogP contribution in [0.1, 0.15) is 36.7 Å². The third kappa shape index (κ3) is 1.95. The van der Waals surface area contributed by atoms with Gasteiger partial charge in [-0.05, 0) is 30.7 Å². The molecule has 1 saturated heterocycles. The topological polar surface area (TPSA) is 52.7 Å². The van der Waals surface area contributed by atoms with Gasteiger partial charge in [0, 0.05) is 16.7 Å². The maximum Gasteiger partial charge on any atom is 0.269 e. The summed E-state index contributed by atoms with van der Waals surface area (Å²) in [7, 11) is 0. The van der Waals surface area contributed by atoms with Crippen LogP contribution in [0.3, 0.4) is 0 Å². The first-order chi connectivity index (χ1) is 11.9. The molecule has 2 aromatic rings. The van der Waals surface area contributed by atoms with Gasteiger partial charge in [0.2, 0.25) is 0 Å². The summed E-state index contributed by atoms with van der Waals surface area (Å²) in [5.41, 5.74) is 4.63. The summed E-state index contributed by atoms with van der Waals surface area (Å²) in [5, 5.41) is 1.52. The molecular weight excluding hydrogens is 314 g/mol. The largest absolute Gasteiger partial charge is 0.337 e. The van der Waals surface area contributed by atoms with E-state index in [-0.39, 0.29) is 23.8 Å². The number of hydrogen-bond acceptors (Lipinski definition) is 3. The lowest BCUT2D eigenvalue weighted by Crippen LogP contribution is -2.64. The maximum atomic E-state index is 12.7. The molecule has 1 atom stereocenters. The van der Waals surface area contributed by atoms with E-state index < -0.39 is 5.66 Å². The van der Waals surface area contributed by atoms with Gasteiger partial charge in [0.05, 0.1) is 0 Å². The van der Waals surface area contributed by atoms with Crippen molar-refractivity contribution in [3.05, 3.63) is 65.7 Å². The molecule has 2 aromatic carbocycles. The van der Waals surface area contributed by atoms with Crippen molar-refractivity contribution in [2.75, 3.05) is 11.4 Å². The Bertz CT molecular complexity index is 862. The predicted molar refractivity (Wildman–Crippen MR) is 96.0 cm³/mol. The summed E-state index contributed by atoms with van der Waals surface area (Å²) in [6.45, 7) is 6.51. The van der Waals surface area contributed by atoms with Crippen LogP contribution in [-0.2, 0) is 10.2 Å². The summed E-state index contributed by atoms with van der Waals surface area (Å²) >= 11 is 0. The van der Waals surface area contributed by atoms with Crippen molar-refractivity contribution in [2.45, 2.75) is 31.8 Å². The van der Waals surface area contributed by atoms with Crippen LogP contribution in [0.4, 0.5) is 5.69 Å². The van der Waals surface area contributed by atoms with Gasteiger partial charge < -0.3 is 4.90 Å². The zero-order chi connectivity index (χ0) is 17.8. The molecule has 0 spiro atoms. The Labute approximate surface area is 147 Å². The molecule has 0 radical (unpaired) electrons. The van der Waals surface area contributed by atoms with Crippen molar-refractivity contribution >= 4 is 17.5 Å². The average Bonchev–Trinajstić information content (AvgIpc) is 2.97. The molecule has 0 aliphatic carbocycles. The molecule has 4 rings (SSSR count). The number of nitrogens with zero attached hydrogens (tertiary/aromatic N) is 2. The molecule has 128 valence electrons. The van der Waals surface area contributed by atoms with Crippen LogP contribution in [0.2, 0.25) is 0 Å². The van der Waals surface area contributed by atoms with Gasteiger partial charge in [-0.1, -0.05) is 50.2 Å². The highest BCUT2D eigenvalue weighted by molar-refractivity contribution is 5.97. The number of para-hydroxylation sites is 1. The van der Waals surface area contributed by atoms with Gasteiger partial charge in [0.1, 0.15) is 12.2 Å². The summed E-state index contributed by atoms with van der Waals surface area (Å²) in [5.74, 6) is -0.377. The van der Waals surface area contributed by atoms with E-state index in [4.69, 9.17) is 0 Å². The SMILES string of the molecule is CC1(C)c2ccccc2N2CC(=O)N(NC(=O)c3ccccc3)[C@]21C. The van der Waals surface area contributed by atoms with Crippen molar-refractivity contribution in [2.24, 2.45) is 0 Å². The zero-order valence-electron chi connectivity index (χ0n) is 14.6. The number of benzene rings is 2. The van der Waals surface area contributed by atoms with Crippen molar-refractivity contribution in [3.8, 4) is 0 Å². The second-order valence-corrected chi connectivity index (χ2v) is 7.29. The fraction of sp³-hybridized carbons (Fsp3) is 0.300. The lowest BCUT2D eigenvalue weighted by atomic mass is 9.76. The Morgan fingerprint density at radius 3 is 2.36 bits per heavy atom. The average molecular weight is 335 g/mol. The molecule has 0 unspecified atom stereocenters. The number of anilines is 1. The number of fused-ring (bicyclic) bond motifs is 3. The zero-order valence-corrected chi connectivity index (χ0v) is 14.6. The van der Waals surface area contributed by atoms with E-state index in [1.807, 2.05) is 43.3 Å². The lowest BCUT2D eigenvalue weighted by Gasteiger charge is -2.45. The monoisotopic (exact) mass is 335 g/mol. The smallest absolute Gasteiger partial charge is 0.269 e. The fourth-order valence-electron chi connectivity index (χ4n) is 4.08. The molecule has 2 aliphatic heterocycles. The molecule has 25 heavy (non-hydrogen) atoms. The van der Waals surface area contributed by atoms with Crippen LogP contribution >= 0.6 is 0 Å². The first kappa shape index (κ1) is 15.7. The number of nitrogens with one attached hydrogen (secondary N) is 1. The number of carbonyl (C=O) groups excluding carboxylic acids is 2. The minimum absolute atomic E-state index is 0.102. The van der Waals surface area contributed by atoms with E-state index in [0.29, 0.717) is 5.56 Å². The van der Waals surface area contributed by atoms with E-state index in [1.54, 1.807) is 12.1 Å². The standard InChI is InChI=1S/C20H21N3O2/c1-19(2)15-11-7-8-12-16(15)22-13-17(24)23(20(19,22)3)21-18(25)14-9-5-4-6-10-14/h4-12H,13H2,1-3H3,(H,21,25)/t20-/m0/s1. The fourth-order valence-corrected chi connectivity index (χ4v) is 4.08. The van der Waals surface area contributed by atoms with Crippen LogP contribution in [-0.4, -0.2) is 29.0 Å². The molecule has 1 N–H and O–H groups in total. The quantitative estimate of drug-likeness (QED) is 0.918. The number of hydrogen-bond donors (Lipinski definition) is 1. The van der Waals surface area contributed by atoms with Crippen molar-refractivity contribution < 1.29 is 9.59 Å². The Balaban J connectivity index is 1.74. The second kappa shape index (κ2) is 5.09. The highest BCUT2D eigenvalue weighted by Gasteiger charge is 2.63. The van der Waals surface area contributed by atoms with Gasteiger partial charge in [-0.25, -0.2) is 5.01 Å². The third-order valence-electron chi connectivity index (χ3n) is 5.81. The van der Waals surface area contributed by atoms with Gasteiger partial charge >= 0.3 is 0 Å². The number of amides is 2. The lowest BCUT2D eigenvalue weighted by molar-refractivity contribution is -0.134. The Kier molecular flexibility index (Phi) is 3.19. The van der Waals surface area contributed by atoms with Crippen LogP contribution in [0.5, 0.6) is 0 Å². The van der Waals surface area contributed by atoms with Gasteiger partial charge in [0.25, 0.3) is 11.8 Å². The van der Waals surface area contributed by atoms with Crippen LogP contribution in [0.25, 0.3) is 0 Å². The summed E-state index contributed by atoms with van der Waals surface area (Å²) in [6, 6.07) is 17.1. The van der Waals surface area contributed by atoms with E-state index in [1.165, 1.54) is 10.6 Å². The van der Waals surface area contributed by atoms with Crippen molar-refractivity contribution in [1.29, 1.82) is 0 Å². The number of hydrazine groups is 1. The molecule has 0 saturated carbocycles. The normalized spacial score (nSPS) is 23.4. The summed E-state index contributed by atoms with van der Waals surface area (Å²) in [4.78, 5) is 27.5. The van der Waals surface area contributed by atoms with E-state index >= 15 is 0 Å². The molecule has 0 aromatic heterocycles. The molecule has 2 amide bonds. The molecular formula is C20H21N3O2. The van der Waals surface area contributed by atoms with Crippen LogP contribution < -0.4 is 10.3 Å². The number of carbonyl (C=O) groups is 2. The molecule has 5 heteroatoms. The predicted octanol–water partition coefficient (Wildman–Crippen LogP) is 2.69. The van der Waals surface area contributed by atoms with Crippen molar-refractivity contribution in [3.63, 3.8) is 0 Å². The van der Waals surface area contributed by atoms with Gasteiger partial charge in [-0.3, -0.25) is 15.0 Å². The van der Waals surface area contributed by atoms with Crippen molar-refractivity contribution in [1.82, 2.24) is 10.4 Å². The van der Waals surface area contributed by atoms with E-state index in [9.17, 15) is 9.59 Å². The minimum atomic E-state index is -0.655. The highest BCUT2D eigenvalue weighted by atomic mass is 16.2. The molecule has 0 bridgehead atoms. The second-order valence-electron chi connectivity index (χ2n) is 7.29. The molecule has 1 fully saturated rings. The van der Waals surface area contributed by atoms with E-state index in [2.05, 4.69) is 30.2 Å². The first-order valence-electron chi connectivity index (χ1n) is 8.43. The van der Waals surface area contributed by atoms with E-state index in [0.717, 1.165) is 5.69 Å². The van der Waals surface area contributed by atoms with Gasteiger partial charge in [-0.2, -0.15) is 0 Å². The number of rotatable bonds is 2. The molecule has 5 nitrogen and oxygen atoms in total. The highest BCUT2D eigenvalue weighted by Crippen LogP contribution is 2.54.